The molecule has 0 bridgehead atoms. The lowest BCUT2D eigenvalue weighted by atomic mass is 9.82. The summed E-state index contributed by atoms with van der Waals surface area (Å²) in [7, 11) is 0. The summed E-state index contributed by atoms with van der Waals surface area (Å²) in [5.41, 5.74) is 0.454. The van der Waals surface area contributed by atoms with Gasteiger partial charge in [0.2, 0.25) is 0 Å². The normalized spacial score (nSPS) is 25.2. The summed E-state index contributed by atoms with van der Waals surface area (Å²) >= 11 is 3.73. The molecule has 0 aromatic rings. The van der Waals surface area contributed by atoms with Crippen LogP contribution >= 0.6 is 15.9 Å². The van der Waals surface area contributed by atoms with Crippen molar-refractivity contribution in [3.63, 3.8) is 0 Å². The molecule has 0 spiro atoms. The molecule has 0 radical (unpaired) electrons. The van der Waals surface area contributed by atoms with Crippen LogP contribution in [0.15, 0.2) is 0 Å². The fraction of sp³-hybridized carbons (Fsp3) is 1.00. The lowest BCUT2D eigenvalue weighted by Crippen LogP contribution is -2.29. The maximum atomic E-state index is 6.00. The van der Waals surface area contributed by atoms with E-state index in [2.05, 4.69) is 15.9 Å². The molecule has 0 saturated heterocycles. The SMILES string of the molecule is BrCC1(COCCC2CCC2)CCCCCC1. The highest BCUT2D eigenvalue weighted by molar-refractivity contribution is 9.09. The van der Waals surface area contributed by atoms with Crippen LogP contribution < -0.4 is 0 Å². The highest BCUT2D eigenvalue weighted by Crippen LogP contribution is 2.37. The van der Waals surface area contributed by atoms with E-state index < -0.39 is 0 Å². The number of ether oxygens (including phenoxy) is 1. The smallest absolute Gasteiger partial charge is 0.0530 e. The Hall–Kier alpha value is 0.440. The van der Waals surface area contributed by atoms with Gasteiger partial charge < -0.3 is 4.74 Å². The second-order valence-corrected chi connectivity index (χ2v) is 6.75. The third-order valence-corrected chi connectivity index (χ3v) is 5.94. The van der Waals surface area contributed by atoms with E-state index in [1.54, 1.807) is 0 Å². The van der Waals surface area contributed by atoms with E-state index in [4.69, 9.17) is 4.74 Å². The summed E-state index contributed by atoms with van der Waals surface area (Å²) in [6, 6.07) is 0. The highest BCUT2D eigenvalue weighted by Gasteiger charge is 2.30. The van der Waals surface area contributed by atoms with Gasteiger partial charge in [-0.1, -0.05) is 60.9 Å². The van der Waals surface area contributed by atoms with Gasteiger partial charge in [0.1, 0.15) is 0 Å². The molecule has 0 atom stereocenters. The molecule has 2 heteroatoms. The van der Waals surface area contributed by atoms with E-state index in [9.17, 15) is 0 Å². The van der Waals surface area contributed by atoms with Crippen molar-refractivity contribution in [3.8, 4) is 0 Å². The Morgan fingerprint density at radius 3 is 2.24 bits per heavy atom. The van der Waals surface area contributed by atoms with Crippen molar-refractivity contribution in [2.75, 3.05) is 18.5 Å². The Bertz CT molecular complexity index is 205. The lowest BCUT2D eigenvalue weighted by Gasteiger charge is -2.31. The molecule has 0 unspecified atom stereocenters. The standard InChI is InChI=1S/C15H27BrO/c16-12-15(9-3-1-2-4-10-15)13-17-11-8-14-6-5-7-14/h14H,1-13H2. The third-order valence-electron chi connectivity index (χ3n) is 4.75. The van der Waals surface area contributed by atoms with Gasteiger partial charge in [-0.25, -0.2) is 0 Å². The number of hydrogen-bond acceptors (Lipinski definition) is 1. The van der Waals surface area contributed by atoms with Gasteiger partial charge in [-0.15, -0.1) is 0 Å². The van der Waals surface area contributed by atoms with Crippen LogP contribution in [0.25, 0.3) is 0 Å². The molecule has 0 heterocycles. The largest absolute Gasteiger partial charge is 0.381 e. The zero-order chi connectivity index (χ0) is 12.0. The molecule has 2 aliphatic rings. The number of halogens is 1. The minimum Gasteiger partial charge on any atom is -0.381 e. The van der Waals surface area contributed by atoms with Crippen molar-refractivity contribution in [1.82, 2.24) is 0 Å². The molecule has 2 rings (SSSR count). The maximum Gasteiger partial charge on any atom is 0.0530 e. The molecule has 1 nitrogen and oxygen atoms in total. The minimum atomic E-state index is 0.454. The molecular weight excluding hydrogens is 276 g/mol. The van der Waals surface area contributed by atoms with E-state index in [-0.39, 0.29) is 0 Å². The lowest BCUT2D eigenvalue weighted by molar-refractivity contribution is 0.0354. The Morgan fingerprint density at radius 1 is 1.00 bits per heavy atom. The van der Waals surface area contributed by atoms with Crippen LogP contribution in [0.2, 0.25) is 0 Å². The van der Waals surface area contributed by atoms with Gasteiger partial charge in [0.05, 0.1) is 6.61 Å². The highest BCUT2D eigenvalue weighted by atomic mass is 79.9. The summed E-state index contributed by atoms with van der Waals surface area (Å²) < 4.78 is 6.00. The Balaban J connectivity index is 1.65. The first-order valence-electron chi connectivity index (χ1n) is 7.48. The number of alkyl halides is 1. The monoisotopic (exact) mass is 302 g/mol. The van der Waals surface area contributed by atoms with E-state index in [0.29, 0.717) is 5.41 Å². The van der Waals surface area contributed by atoms with E-state index in [1.165, 1.54) is 64.2 Å². The molecule has 2 fully saturated rings. The first-order valence-corrected chi connectivity index (χ1v) is 8.61. The van der Waals surface area contributed by atoms with Crippen molar-refractivity contribution >= 4 is 15.9 Å². The van der Waals surface area contributed by atoms with E-state index in [0.717, 1.165) is 24.5 Å². The van der Waals surface area contributed by atoms with Crippen molar-refractivity contribution < 1.29 is 4.74 Å². The zero-order valence-electron chi connectivity index (χ0n) is 11.1. The minimum absolute atomic E-state index is 0.454. The average Bonchev–Trinajstić information content (AvgIpc) is 2.53. The molecule has 17 heavy (non-hydrogen) atoms. The topological polar surface area (TPSA) is 9.23 Å². The van der Waals surface area contributed by atoms with Crippen LogP contribution in [0.5, 0.6) is 0 Å². The van der Waals surface area contributed by atoms with Gasteiger partial charge >= 0.3 is 0 Å². The molecule has 0 aromatic heterocycles. The summed E-state index contributed by atoms with van der Waals surface area (Å²) in [6.07, 6.45) is 14.0. The number of hydrogen-bond donors (Lipinski definition) is 0. The van der Waals surface area contributed by atoms with Crippen LogP contribution in [0.4, 0.5) is 0 Å². The quantitative estimate of drug-likeness (QED) is 0.384. The molecule has 0 aromatic carbocycles. The molecular formula is C15H27BrO. The van der Waals surface area contributed by atoms with Crippen LogP contribution in [-0.4, -0.2) is 18.5 Å². The van der Waals surface area contributed by atoms with Crippen molar-refractivity contribution in [2.45, 2.75) is 64.2 Å². The van der Waals surface area contributed by atoms with Crippen molar-refractivity contribution in [3.05, 3.63) is 0 Å². The molecule has 100 valence electrons. The van der Waals surface area contributed by atoms with Gasteiger partial charge in [0.25, 0.3) is 0 Å². The van der Waals surface area contributed by atoms with Crippen LogP contribution in [-0.2, 0) is 4.74 Å². The predicted molar refractivity (Wildman–Crippen MR) is 76.7 cm³/mol. The molecule has 0 aliphatic heterocycles. The Labute approximate surface area is 115 Å². The maximum absolute atomic E-state index is 6.00. The summed E-state index contributed by atoms with van der Waals surface area (Å²) in [5, 5.41) is 1.13. The zero-order valence-corrected chi connectivity index (χ0v) is 12.6. The van der Waals surface area contributed by atoms with Crippen molar-refractivity contribution in [2.24, 2.45) is 11.3 Å². The van der Waals surface area contributed by atoms with Crippen LogP contribution in [0.3, 0.4) is 0 Å². The second-order valence-electron chi connectivity index (χ2n) is 6.19. The van der Waals surface area contributed by atoms with Crippen LogP contribution in [0.1, 0.15) is 64.2 Å². The van der Waals surface area contributed by atoms with E-state index in [1.807, 2.05) is 0 Å². The fourth-order valence-electron chi connectivity index (χ4n) is 3.12. The third kappa shape index (κ3) is 4.24. The Kier molecular flexibility index (Phi) is 5.82. The summed E-state index contributed by atoms with van der Waals surface area (Å²) in [5.74, 6) is 0.990. The molecule has 2 aliphatic carbocycles. The first-order chi connectivity index (χ1) is 8.35. The molecule has 0 amide bonds. The summed E-state index contributed by atoms with van der Waals surface area (Å²) in [6.45, 7) is 1.99. The molecule has 0 N–H and O–H groups in total. The predicted octanol–water partition coefficient (Wildman–Crippen LogP) is 4.93. The fourth-order valence-corrected chi connectivity index (χ4v) is 3.84. The average molecular weight is 303 g/mol. The van der Waals surface area contributed by atoms with Gasteiger partial charge in [-0.2, -0.15) is 0 Å². The number of rotatable bonds is 6. The van der Waals surface area contributed by atoms with Gasteiger partial charge in [0, 0.05) is 17.4 Å². The van der Waals surface area contributed by atoms with Crippen molar-refractivity contribution in [1.29, 1.82) is 0 Å². The van der Waals surface area contributed by atoms with Crippen LogP contribution in [0, 0.1) is 11.3 Å². The molecule has 2 saturated carbocycles. The van der Waals surface area contributed by atoms with E-state index >= 15 is 0 Å². The Morgan fingerprint density at radius 2 is 1.71 bits per heavy atom. The van der Waals surface area contributed by atoms with Gasteiger partial charge in [-0.3, -0.25) is 0 Å². The summed E-state index contributed by atoms with van der Waals surface area (Å²) in [4.78, 5) is 0. The van der Waals surface area contributed by atoms with Gasteiger partial charge in [0.15, 0.2) is 0 Å². The van der Waals surface area contributed by atoms with Gasteiger partial charge in [-0.05, 0) is 25.2 Å². The second kappa shape index (κ2) is 7.13. The first kappa shape index (κ1) is 13.9.